The molecule has 1 N–H and O–H groups in total. The molecule has 0 amide bonds. The van der Waals surface area contributed by atoms with Gasteiger partial charge in [-0.1, -0.05) is 12.2 Å². The summed E-state index contributed by atoms with van der Waals surface area (Å²) in [5.74, 6) is 1.30. The van der Waals surface area contributed by atoms with Gasteiger partial charge in [-0.15, -0.1) is 0 Å². The van der Waals surface area contributed by atoms with Gasteiger partial charge in [0.1, 0.15) is 0 Å². The van der Waals surface area contributed by atoms with E-state index < -0.39 is 0 Å². The lowest BCUT2D eigenvalue weighted by atomic mass is 9.96. The zero-order valence-corrected chi connectivity index (χ0v) is 5.46. The smallest absolute Gasteiger partial charge is 0.0605 e. The fraction of sp³-hybridized carbons (Fsp3) is 0.750. The quantitative estimate of drug-likeness (QED) is 0.483. The van der Waals surface area contributed by atoms with Gasteiger partial charge in [-0.25, -0.2) is 0 Å². The van der Waals surface area contributed by atoms with E-state index in [-0.39, 0.29) is 6.10 Å². The molecule has 2 aliphatic carbocycles. The lowest BCUT2D eigenvalue weighted by molar-refractivity contribution is 0.152. The Balaban J connectivity index is 2.18. The van der Waals surface area contributed by atoms with Crippen LogP contribution in [0.15, 0.2) is 12.2 Å². The van der Waals surface area contributed by atoms with Crippen molar-refractivity contribution in [3.8, 4) is 0 Å². The molecule has 0 aromatic carbocycles. The first-order valence-electron chi connectivity index (χ1n) is 3.71. The summed E-state index contributed by atoms with van der Waals surface area (Å²) < 4.78 is 0. The second-order valence-electron chi connectivity index (χ2n) is 3.23. The van der Waals surface area contributed by atoms with Crippen molar-refractivity contribution >= 4 is 0 Å². The van der Waals surface area contributed by atoms with E-state index in [0.29, 0.717) is 5.92 Å². The molecule has 0 aliphatic heterocycles. The molecule has 1 saturated carbocycles. The molecule has 0 aromatic heterocycles. The van der Waals surface area contributed by atoms with Gasteiger partial charge in [0, 0.05) is 5.92 Å². The van der Waals surface area contributed by atoms with Crippen molar-refractivity contribution in [1.82, 2.24) is 0 Å². The van der Waals surface area contributed by atoms with Crippen molar-refractivity contribution in [2.45, 2.75) is 25.4 Å². The van der Waals surface area contributed by atoms with E-state index in [0.717, 1.165) is 12.3 Å². The Labute approximate surface area is 55.4 Å². The zero-order valence-electron chi connectivity index (χ0n) is 5.46. The van der Waals surface area contributed by atoms with Crippen LogP contribution in [0.4, 0.5) is 0 Å². The minimum atomic E-state index is -0.0197. The number of hydrogen-bond acceptors (Lipinski definition) is 1. The number of fused-ring (bicyclic) bond motifs is 2. The van der Waals surface area contributed by atoms with Gasteiger partial charge in [-0.3, -0.25) is 0 Å². The molecule has 0 unspecified atom stereocenters. The van der Waals surface area contributed by atoms with Crippen molar-refractivity contribution in [2.75, 3.05) is 0 Å². The van der Waals surface area contributed by atoms with Crippen LogP contribution in [-0.4, -0.2) is 11.2 Å². The summed E-state index contributed by atoms with van der Waals surface area (Å²) in [6.45, 7) is 0. The summed E-state index contributed by atoms with van der Waals surface area (Å²) in [6, 6.07) is 0. The monoisotopic (exact) mass is 124 g/mol. The van der Waals surface area contributed by atoms with Crippen LogP contribution in [-0.2, 0) is 0 Å². The van der Waals surface area contributed by atoms with Crippen molar-refractivity contribution in [2.24, 2.45) is 11.8 Å². The molecule has 9 heavy (non-hydrogen) atoms. The Kier molecular flexibility index (Phi) is 1.12. The van der Waals surface area contributed by atoms with E-state index >= 15 is 0 Å². The number of rotatable bonds is 0. The highest BCUT2D eigenvalue weighted by Crippen LogP contribution is 2.37. The fourth-order valence-electron chi connectivity index (χ4n) is 2.00. The topological polar surface area (TPSA) is 20.2 Å². The van der Waals surface area contributed by atoms with E-state index in [4.69, 9.17) is 0 Å². The van der Waals surface area contributed by atoms with Crippen LogP contribution in [0.1, 0.15) is 19.3 Å². The Morgan fingerprint density at radius 3 is 2.89 bits per heavy atom. The molecule has 50 valence electrons. The van der Waals surface area contributed by atoms with Crippen LogP contribution in [0.25, 0.3) is 0 Å². The summed E-state index contributed by atoms with van der Waals surface area (Å²) >= 11 is 0. The molecular weight excluding hydrogens is 112 g/mol. The van der Waals surface area contributed by atoms with Crippen molar-refractivity contribution in [1.29, 1.82) is 0 Å². The summed E-state index contributed by atoms with van der Waals surface area (Å²) in [5, 5.41) is 9.35. The second-order valence-corrected chi connectivity index (χ2v) is 3.23. The fourth-order valence-corrected chi connectivity index (χ4v) is 2.00. The van der Waals surface area contributed by atoms with E-state index in [1.165, 1.54) is 12.8 Å². The van der Waals surface area contributed by atoms with Gasteiger partial charge in [0.25, 0.3) is 0 Å². The van der Waals surface area contributed by atoms with Crippen LogP contribution < -0.4 is 0 Å². The van der Waals surface area contributed by atoms with Crippen LogP contribution in [0, 0.1) is 11.8 Å². The predicted octanol–water partition coefficient (Wildman–Crippen LogP) is 1.33. The molecule has 0 radical (unpaired) electrons. The van der Waals surface area contributed by atoms with Crippen molar-refractivity contribution < 1.29 is 5.11 Å². The molecule has 0 saturated heterocycles. The van der Waals surface area contributed by atoms with Crippen LogP contribution in [0.5, 0.6) is 0 Å². The molecule has 2 rings (SSSR count). The number of aliphatic hydroxyl groups excluding tert-OH is 1. The molecule has 1 nitrogen and oxygen atoms in total. The highest BCUT2D eigenvalue weighted by molar-refractivity contribution is 5.04. The highest BCUT2D eigenvalue weighted by atomic mass is 16.3. The van der Waals surface area contributed by atoms with Gasteiger partial charge in [-0.2, -0.15) is 0 Å². The average molecular weight is 124 g/mol. The third-order valence-electron chi connectivity index (χ3n) is 2.53. The van der Waals surface area contributed by atoms with Gasteiger partial charge < -0.3 is 5.11 Å². The molecule has 2 aliphatic rings. The van der Waals surface area contributed by atoms with Gasteiger partial charge in [0.05, 0.1) is 6.10 Å². The molecule has 0 heterocycles. The first-order valence-corrected chi connectivity index (χ1v) is 3.71. The predicted molar refractivity (Wildman–Crippen MR) is 36.0 cm³/mol. The summed E-state index contributed by atoms with van der Waals surface area (Å²) in [4.78, 5) is 0. The van der Waals surface area contributed by atoms with Crippen LogP contribution in [0.2, 0.25) is 0 Å². The maximum absolute atomic E-state index is 9.35. The molecule has 0 spiro atoms. The SMILES string of the molecule is O[C@H]1C[C@H]2CC=C[C@@H]1C2. The molecule has 1 heteroatoms. The number of allylic oxidation sites excluding steroid dienone is 1. The van der Waals surface area contributed by atoms with Gasteiger partial charge >= 0.3 is 0 Å². The van der Waals surface area contributed by atoms with Gasteiger partial charge in [-0.05, 0) is 25.2 Å². The second kappa shape index (κ2) is 1.84. The lowest BCUT2D eigenvalue weighted by Crippen LogP contribution is -2.09. The van der Waals surface area contributed by atoms with E-state index in [1.807, 2.05) is 0 Å². The maximum Gasteiger partial charge on any atom is 0.0605 e. The number of hydrogen-bond donors (Lipinski definition) is 1. The average Bonchev–Trinajstić information content (AvgIpc) is 2.09. The largest absolute Gasteiger partial charge is 0.393 e. The van der Waals surface area contributed by atoms with E-state index in [1.54, 1.807) is 0 Å². The van der Waals surface area contributed by atoms with Gasteiger partial charge in [0.15, 0.2) is 0 Å². The number of aliphatic hydroxyl groups is 1. The maximum atomic E-state index is 9.35. The summed E-state index contributed by atoms with van der Waals surface area (Å²) in [6.07, 6.45) is 7.85. The normalized spacial score (nSPS) is 47.9. The Morgan fingerprint density at radius 1 is 1.33 bits per heavy atom. The molecule has 3 atom stereocenters. The van der Waals surface area contributed by atoms with Crippen molar-refractivity contribution in [3.05, 3.63) is 12.2 Å². The lowest BCUT2D eigenvalue weighted by Gasteiger charge is -2.11. The van der Waals surface area contributed by atoms with Crippen LogP contribution in [0.3, 0.4) is 0 Å². The summed E-state index contributed by atoms with van der Waals surface area (Å²) in [5.41, 5.74) is 0. The van der Waals surface area contributed by atoms with Crippen molar-refractivity contribution in [3.63, 3.8) is 0 Å². The first kappa shape index (κ1) is 5.48. The summed E-state index contributed by atoms with van der Waals surface area (Å²) in [7, 11) is 0. The van der Waals surface area contributed by atoms with Gasteiger partial charge in [0.2, 0.25) is 0 Å². The highest BCUT2D eigenvalue weighted by Gasteiger charge is 2.32. The minimum Gasteiger partial charge on any atom is -0.393 e. The third-order valence-corrected chi connectivity index (χ3v) is 2.53. The Morgan fingerprint density at radius 2 is 2.22 bits per heavy atom. The Hall–Kier alpha value is -0.300. The standard InChI is InChI=1S/C8H12O/c9-8-5-6-2-1-3-7(8)4-6/h1,3,6-9H,2,4-5H2/t6-,7+,8-/m0/s1. The van der Waals surface area contributed by atoms with Crippen LogP contribution >= 0.6 is 0 Å². The molecular formula is C8H12O. The molecule has 0 aromatic rings. The van der Waals surface area contributed by atoms with E-state index in [9.17, 15) is 5.11 Å². The molecule has 2 bridgehead atoms. The zero-order chi connectivity index (χ0) is 6.27. The molecule has 1 fully saturated rings. The minimum absolute atomic E-state index is 0.0197. The Bertz CT molecular complexity index is 140. The first-order chi connectivity index (χ1) is 4.36. The van der Waals surface area contributed by atoms with E-state index in [2.05, 4.69) is 12.2 Å². The third kappa shape index (κ3) is 0.799.